The van der Waals surface area contributed by atoms with Crippen molar-refractivity contribution in [2.75, 3.05) is 38.9 Å². The Balaban J connectivity index is 2.47. The van der Waals surface area contributed by atoms with Gasteiger partial charge in [0.2, 0.25) is 0 Å². The van der Waals surface area contributed by atoms with Gasteiger partial charge in [0.1, 0.15) is 19.3 Å². The molecule has 2 rings (SSSR count). The fourth-order valence-corrected chi connectivity index (χ4v) is 2.86. The molecule has 0 bridgehead atoms. The lowest BCUT2D eigenvalue weighted by molar-refractivity contribution is -0.147. The Morgan fingerprint density at radius 2 is 1.77 bits per heavy atom. The average Bonchev–Trinajstić information content (AvgIpc) is 2.64. The highest BCUT2D eigenvalue weighted by molar-refractivity contribution is 6.08. The van der Waals surface area contributed by atoms with Gasteiger partial charge in [-0.1, -0.05) is 36.4 Å². The minimum atomic E-state index is -0.793. The highest BCUT2D eigenvalue weighted by atomic mass is 16.6. The molecule has 0 aromatic heterocycles. The molecule has 0 aliphatic heterocycles. The summed E-state index contributed by atoms with van der Waals surface area (Å²) in [7, 11) is 2.98. The summed E-state index contributed by atoms with van der Waals surface area (Å²) in [4.78, 5) is 26.7. The largest absolute Gasteiger partial charge is 0.462 e. The molecular weight excluding hydrogens is 334 g/mol. The molecule has 2 aromatic rings. The van der Waals surface area contributed by atoms with Gasteiger partial charge in [0.25, 0.3) is 5.91 Å². The molecule has 0 heterocycles. The van der Waals surface area contributed by atoms with Gasteiger partial charge >= 0.3 is 5.97 Å². The van der Waals surface area contributed by atoms with Crippen molar-refractivity contribution in [1.29, 1.82) is 0 Å². The molecule has 0 saturated heterocycles. The van der Waals surface area contributed by atoms with Crippen LogP contribution in [0.1, 0.15) is 12.5 Å². The van der Waals surface area contributed by atoms with Crippen LogP contribution in [-0.4, -0.2) is 52.0 Å². The number of ether oxygens (including phenoxy) is 3. The maximum atomic E-state index is 12.8. The second-order valence-electron chi connectivity index (χ2n) is 5.99. The maximum absolute atomic E-state index is 12.8. The lowest BCUT2D eigenvalue weighted by Gasteiger charge is -2.30. The first-order valence-electron chi connectivity index (χ1n) is 8.46. The number of esters is 1. The predicted octanol–water partition coefficient (Wildman–Crippen LogP) is 2.71. The number of anilines is 1. The Bertz CT molecular complexity index is 774. The van der Waals surface area contributed by atoms with Gasteiger partial charge in [-0.2, -0.15) is 0 Å². The molecule has 0 N–H and O–H groups in total. The summed E-state index contributed by atoms with van der Waals surface area (Å²) in [6.07, 6.45) is 0. The van der Waals surface area contributed by atoms with Gasteiger partial charge in [0.15, 0.2) is 0 Å². The van der Waals surface area contributed by atoms with Gasteiger partial charge in [-0.05, 0) is 24.8 Å². The van der Waals surface area contributed by atoms with Gasteiger partial charge in [-0.3, -0.25) is 9.69 Å². The number of amides is 1. The van der Waals surface area contributed by atoms with Crippen LogP contribution in [-0.2, 0) is 23.8 Å². The molecule has 0 aliphatic carbocycles. The van der Waals surface area contributed by atoms with Crippen LogP contribution in [0.2, 0.25) is 0 Å². The number of methoxy groups -OCH3 is 2. The molecule has 6 heteroatoms. The van der Waals surface area contributed by atoms with Gasteiger partial charge in [-0.25, -0.2) is 4.79 Å². The van der Waals surface area contributed by atoms with Gasteiger partial charge in [0.05, 0.1) is 12.3 Å². The van der Waals surface area contributed by atoms with Crippen LogP contribution in [0, 0.1) is 6.92 Å². The van der Waals surface area contributed by atoms with E-state index in [-0.39, 0.29) is 19.1 Å². The van der Waals surface area contributed by atoms with E-state index >= 15 is 0 Å². The van der Waals surface area contributed by atoms with Crippen molar-refractivity contribution in [2.24, 2.45) is 0 Å². The molecule has 6 nitrogen and oxygen atoms in total. The fraction of sp³-hybridized carbons (Fsp3) is 0.400. The van der Waals surface area contributed by atoms with Gasteiger partial charge in [-0.15, -0.1) is 0 Å². The summed E-state index contributed by atoms with van der Waals surface area (Å²) >= 11 is 0. The molecule has 0 saturated carbocycles. The Morgan fingerprint density at radius 3 is 2.46 bits per heavy atom. The number of hydrogen-bond donors (Lipinski definition) is 0. The van der Waals surface area contributed by atoms with Crippen molar-refractivity contribution in [3.05, 3.63) is 42.0 Å². The first-order chi connectivity index (χ1) is 12.5. The molecule has 26 heavy (non-hydrogen) atoms. The van der Waals surface area contributed by atoms with E-state index in [0.717, 1.165) is 16.3 Å². The quantitative estimate of drug-likeness (QED) is 0.536. The van der Waals surface area contributed by atoms with Crippen molar-refractivity contribution in [3.8, 4) is 0 Å². The Morgan fingerprint density at radius 1 is 1.04 bits per heavy atom. The number of aryl methyl sites for hydroxylation is 1. The summed E-state index contributed by atoms with van der Waals surface area (Å²) in [6.45, 7) is 3.89. The third-order valence-corrected chi connectivity index (χ3v) is 4.14. The van der Waals surface area contributed by atoms with E-state index in [9.17, 15) is 9.59 Å². The van der Waals surface area contributed by atoms with Crippen LogP contribution in [0.15, 0.2) is 36.4 Å². The van der Waals surface area contributed by atoms with Gasteiger partial charge in [0, 0.05) is 19.6 Å². The number of nitrogens with zero attached hydrogens (tertiary/aromatic N) is 1. The lowest BCUT2D eigenvalue weighted by atomic mass is 10.0. The standard InChI is InChI=1S/C20H25NO5/c1-14-9-10-16-7-5-6-8-17(16)19(14)21(18(22)13-25-4)15(2)20(23)26-12-11-24-3/h5-10,15H,11-13H2,1-4H3/t15-/m0/s1. The molecule has 0 unspecified atom stereocenters. The SMILES string of the molecule is COCCOC(=O)[C@H](C)N(C(=O)COC)c1c(C)ccc2ccccc12. The summed E-state index contributed by atoms with van der Waals surface area (Å²) < 4.78 is 15.2. The van der Waals surface area contributed by atoms with E-state index < -0.39 is 12.0 Å². The summed E-state index contributed by atoms with van der Waals surface area (Å²) in [6, 6.07) is 10.9. The molecule has 0 aliphatic rings. The molecule has 0 fully saturated rings. The Kier molecular flexibility index (Phi) is 7.12. The summed E-state index contributed by atoms with van der Waals surface area (Å²) in [5, 5.41) is 1.89. The second kappa shape index (κ2) is 9.31. The van der Waals surface area contributed by atoms with Crippen molar-refractivity contribution in [1.82, 2.24) is 0 Å². The highest BCUT2D eigenvalue weighted by Crippen LogP contribution is 2.32. The molecule has 140 valence electrons. The molecule has 1 amide bonds. The van der Waals surface area contributed by atoms with Crippen LogP contribution in [0.4, 0.5) is 5.69 Å². The number of carbonyl (C=O) groups is 2. The first kappa shape index (κ1) is 19.9. The van der Waals surface area contributed by atoms with Crippen LogP contribution in [0.25, 0.3) is 10.8 Å². The van der Waals surface area contributed by atoms with E-state index in [2.05, 4.69) is 0 Å². The fourth-order valence-electron chi connectivity index (χ4n) is 2.86. The van der Waals surface area contributed by atoms with E-state index in [1.165, 1.54) is 19.1 Å². The van der Waals surface area contributed by atoms with Crippen molar-refractivity contribution in [3.63, 3.8) is 0 Å². The minimum absolute atomic E-state index is 0.127. The monoisotopic (exact) mass is 359 g/mol. The molecule has 1 atom stereocenters. The van der Waals surface area contributed by atoms with E-state index in [0.29, 0.717) is 12.3 Å². The molecule has 2 aromatic carbocycles. The van der Waals surface area contributed by atoms with Crippen LogP contribution >= 0.6 is 0 Å². The normalized spacial score (nSPS) is 12.0. The zero-order chi connectivity index (χ0) is 19.1. The Labute approximate surface area is 153 Å². The molecular formula is C20H25NO5. The topological polar surface area (TPSA) is 65.1 Å². The maximum Gasteiger partial charge on any atom is 0.329 e. The zero-order valence-corrected chi connectivity index (χ0v) is 15.7. The Hall–Kier alpha value is -2.44. The smallest absolute Gasteiger partial charge is 0.329 e. The third kappa shape index (κ3) is 4.39. The van der Waals surface area contributed by atoms with Gasteiger partial charge < -0.3 is 14.2 Å². The van der Waals surface area contributed by atoms with Crippen molar-refractivity contribution in [2.45, 2.75) is 19.9 Å². The number of hydrogen-bond acceptors (Lipinski definition) is 5. The van der Waals surface area contributed by atoms with Crippen molar-refractivity contribution >= 4 is 28.3 Å². The van der Waals surface area contributed by atoms with Crippen LogP contribution in [0.5, 0.6) is 0 Å². The van der Waals surface area contributed by atoms with Crippen LogP contribution in [0.3, 0.4) is 0 Å². The summed E-state index contributed by atoms with van der Waals surface area (Å²) in [5.41, 5.74) is 1.59. The number of fused-ring (bicyclic) bond motifs is 1. The zero-order valence-electron chi connectivity index (χ0n) is 15.7. The molecule has 0 spiro atoms. The van der Waals surface area contributed by atoms with Crippen LogP contribution < -0.4 is 4.90 Å². The van der Waals surface area contributed by atoms with E-state index in [4.69, 9.17) is 14.2 Å². The number of rotatable bonds is 8. The molecule has 0 radical (unpaired) electrons. The summed E-state index contributed by atoms with van der Waals surface area (Å²) in [5.74, 6) is -0.790. The predicted molar refractivity (Wildman–Crippen MR) is 100 cm³/mol. The average molecular weight is 359 g/mol. The third-order valence-electron chi connectivity index (χ3n) is 4.14. The number of carbonyl (C=O) groups excluding carboxylic acids is 2. The first-order valence-corrected chi connectivity index (χ1v) is 8.46. The second-order valence-corrected chi connectivity index (χ2v) is 5.99. The van der Waals surface area contributed by atoms with E-state index in [1.807, 2.05) is 43.3 Å². The minimum Gasteiger partial charge on any atom is -0.462 e. The lowest BCUT2D eigenvalue weighted by Crippen LogP contribution is -2.46. The van der Waals surface area contributed by atoms with E-state index in [1.54, 1.807) is 6.92 Å². The highest BCUT2D eigenvalue weighted by Gasteiger charge is 2.30. The van der Waals surface area contributed by atoms with Crippen molar-refractivity contribution < 1.29 is 23.8 Å². The number of benzene rings is 2.